The summed E-state index contributed by atoms with van der Waals surface area (Å²) in [5.74, 6) is -3.87. The molecule has 2 aliphatic heterocycles. The molecule has 0 aliphatic carbocycles. The van der Waals surface area contributed by atoms with E-state index in [9.17, 15) is 38.4 Å². The standard InChI is InChI=1S/C33H46N8O10/c34-33(49)40-15-13-39(14-16-40)17-18-50-23-37-27(43)20-36-32(48)25(19-24-7-3-1-4-8-24)38-28(44)22-51-31(47)21-35-26(42)9-5-2-6-12-41-29(45)10-11-30(41)46/h1,3-4,7-8,10-11,25H,2,5-6,9,12-23H2,(H2,34,49)(H,35,42)(H,36,48)(H,37,43)(H,38,44)/t25-/m0/s1. The molecule has 0 unspecified atom stereocenters. The third kappa shape index (κ3) is 15.4. The minimum absolute atomic E-state index is 0.0742. The fourth-order valence-corrected chi connectivity index (χ4v) is 5.08. The summed E-state index contributed by atoms with van der Waals surface area (Å²) in [5.41, 5.74) is 6.02. The van der Waals surface area contributed by atoms with E-state index in [1.807, 2.05) is 0 Å². The summed E-state index contributed by atoms with van der Waals surface area (Å²) in [6.07, 6.45) is 4.25. The van der Waals surface area contributed by atoms with E-state index in [-0.39, 0.29) is 44.5 Å². The number of benzene rings is 1. The van der Waals surface area contributed by atoms with Gasteiger partial charge in [0, 0.05) is 64.3 Å². The Morgan fingerprint density at radius 3 is 2.18 bits per heavy atom. The molecule has 3 rings (SSSR count). The quantitative estimate of drug-likeness (QED) is 0.0395. The number of nitrogens with one attached hydrogen (secondary N) is 4. The van der Waals surface area contributed by atoms with Gasteiger partial charge in [-0.15, -0.1) is 0 Å². The molecule has 2 heterocycles. The van der Waals surface area contributed by atoms with Crippen molar-refractivity contribution in [2.24, 2.45) is 5.73 Å². The minimum Gasteiger partial charge on any atom is -0.454 e. The molecule has 1 atom stereocenters. The fourth-order valence-electron chi connectivity index (χ4n) is 5.08. The number of nitrogens with zero attached hydrogens (tertiary/aromatic N) is 3. The van der Waals surface area contributed by atoms with Gasteiger partial charge in [0.15, 0.2) is 6.61 Å². The van der Waals surface area contributed by atoms with Gasteiger partial charge in [0.1, 0.15) is 19.3 Å². The maximum atomic E-state index is 13.0. The third-order valence-corrected chi connectivity index (χ3v) is 7.95. The lowest BCUT2D eigenvalue weighted by Crippen LogP contribution is -2.51. The van der Waals surface area contributed by atoms with Gasteiger partial charge >= 0.3 is 12.0 Å². The van der Waals surface area contributed by atoms with Crippen LogP contribution in [0.15, 0.2) is 42.5 Å². The first-order chi connectivity index (χ1) is 24.5. The van der Waals surface area contributed by atoms with Crippen molar-refractivity contribution in [1.82, 2.24) is 36.0 Å². The second-order valence-corrected chi connectivity index (χ2v) is 11.8. The molecule has 278 valence electrons. The first kappa shape index (κ1) is 40.1. The number of primary amides is 1. The number of carbonyl (C=O) groups excluding carboxylic acids is 8. The van der Waals surface area contributed by atoms with Crippen LogP contribution in [-0.4, -0.2) is 140 Å². The zero-order chi connectivity index (χ0) is 37.0. The van der Waals surface area contributed by atoms with Gasteiger partial charge in [0.05, 0.1) is 13.2 Å². The summed E-state index contributed by atoms with van der Waals surface area (Å²) >= 11 is 0. The van der Waals surface area contributed by atoms with Gasteiger partial charge in [0.2, 0.25) is 17.7 Å². The number of esters is 1. The van der Waals surface area contributed by atoms with Crippen LogP contribution in [0.3, 0.4) is 0 Å². The second-order valence-electron chi connectivity index (χ2n) is 11.8. The Kier molecular flexibility index (Phi) is 17.0. The third-order valence-electron chi connectivity index (χ3n) is 7.95. The molecule has 0 saturated carbocycles. The number of hydrogen-bond acceptors (Lipinski definition) is 11. The second kappa shape index (κ2) is 21.7. The Morgan fingerprint density at radius 2 is 1.49 bits per heavy atom. The monoisotopic (exact) mass is 714 g/mol. The van der Waals surface area contributed by atoms with Crippen LogP contribution in [0.2, 0.25) is 0 Å². The number of nitrogens with two attached hydrogens (primary N) is 1. The molecule has 18 heteroatoms. The van der Waals surface area contributed by atoms with Crippen LogP contribution >= 0.6 is 0 Å². The van der Waals surface area contributed by atoms with Crippen LogP contribution in [0.5, 0.6) is 0 Å². The highest BCUT2D eigenvalue weighted by Gasteiger charge is 2.24. The molecule has 2 aliphatic rings. The molecule has 1 saturated heterocycles. The Labute approximate surface area is 295 Å². The number of urea groups is 1. The van der Waals surface area contributed by atoms with Crippen molar-refractivity contribution in [3.8, 4) is 0 Å². The summed E-state index contributed by atoms with van der Waals surface area (Å²) in [5, 5.41) is 9.97. The Balaban J connectivity index is 1.30. The topological polar surface area (TPSA) is 239 Å². The van der Waals surface area contributed by atoms with Gasteiger partial charge < -0.3 is 41.4 Å². The van der Waals surface area contributed by atoms with Crippen LogP contribution in [0.4, 0.5) is 4.79 Å². The molecule has 0 spiro atoms. The van der Waals surface area contributed by atoms with Gasteiger partial charge in [-0.1, -0.05) is 36.8 Å². The molecule has 1 aromatic rings. The molecule has 0 bridgehead atoms. The van der Waals surface area contributed by atoms with E-state index in [0.717, 1.165) is 10.5 Å². The van der Waals surface area contributed by atoms with E-state index >= 15 is 0 Å². The fraction of sp³-hybridized carbons (Fsp3) is 0.515. The predicted octanol–water partition coefficient (Wildman–Crippen LogP) is -2.24. The van der Waals surface area contributed by atoms with Crippen molar-refractivity contribution in [3.05, 3.63) is 48.0 Å². The number of amides is 8. The largest absolute Gasteiger partial charge is 0.454 e. The summed E-state index contributed by atoms with van der Waals surface area (Å²) in [6, 6.07) is 7.35. The molecule has 0 aromatic heterocycles. The van der Waals surface area contributed by atoms with E-state index in [2.05, 4.69) is 26.2 Å². The smallest absolute Gasteiger partial charge is 0.325 e. The number of ether oxygens (including phenoxy) is 2. The van der Waals surface area contributed by atoms with Crippen molar-refractivity contribution in [3.63, 3.8) is 0 Å². The van der Waals surface area contributed by atoms with E-state index in [4.69, 9.17) is 15.2 Å². The molecular formula is C33H46N8O10. The molecule has 51 heavy (non-hydrogen) atoms. The highest BCUT2D eigenvalue weighted by atomic mass is 16.5. The van der Waals surface area contributed by atoms with Crippen LogP contribution in [0.25, 0.3) is 0 Å². The van der Waals surface area contributed by atoms with Gasteiger partial charge in [-0.3, -0.25) is 43.4 Å². The lowest BCUT2D eigenvalue weighted by atomic mass is 10.1. The maximum absolute atomic E-state index is 13.0. The van der Waals surface area contributed by atoms with Gasteiger partial charge in [-0.05, 0) is 18.4 Å². The average Bonchev–Trinajstić information content (AvgIpc) is 3.44. The number of piperazine rings is 1. The number of imide groups is 1. The number of unbranched alkanes of at least 4 members (excludes halogenated alkanes) is 2. The summed E-state index contributed by atoms with van der Waals surface area (Å²) in [7, 11) is 0. The minimum atomic E-state index is -1.09. The number of rotatable bonds is 21. The van der Waals surface area contributed by atoms with Crippen LogP contribution in [0, 0.1) is 0 Å². The Morgan fingerprint density at radius 1 is 0.784 bits per heavy atom. The van der Waals surface area contributed by atoms with E-state index in [1.54, 1.807) is 35.2 Å². The summed E-state index contributed by atoms with van der Waals surface area (Å²) in [6.45, 7) is 2.04. The summed E-state index contributed by atoms with van der Waals surface area (Å²) in [4.78, 5) is 101. The average molecular weight is 715 g/mol. The predicted molar refractivity (Wildman–Crippen MR) is 180 cm³/mol. The van der Waals surface area contributed by atoms with Gasteiger partial charge in [-0.25, -0.2) is 4.79 Å². The molecule has 8 amide bonds. The van der Waals surface area contributed by atoms with Crippen molar-refractivity contribution >= 4 is 47.4 Å². The Hall–Kier alpha value is -5.36. The normalized spacial score (nSPS) is 14.9. The lowest BCUT2D eigenvalue weighted by Gasteiger charge is -2.33. The van der Waals surface area contributed by atoms with Crippen molar-refractivity contribution in [2.75, 3.05) is 72.3 Å². The Bertz CT molecular complexity index is 1400. The van der Waals surface area contributed by atoms with Crippen LogP contribution in [-0.2, 0) is 49.5 Å². The zero-order valence-corrected chi connectivity index (χ0v) is 28.4. The first-order valence-electron chi connectivity index (χ1n) is 16.7. The number of hydrogen-bond donors (Lipinski definition) is 5. The molecular weight excluding hydrogens is 668 g/mol. The molecule has 1 aromatic carbocycles. The molecule has 0 radical (unpaired) electrons. The lowest BCUT2D eigenvalue weighted by molar-refractivity contribution is -0.148. The molecule has 1 fully saturated rings. The zero-order valence-electron chi connectivity index (χ0n) is 28.4. The van der Waals surface area contributed by atoms with Gasteiger partial charge in [0.25, 0.3) is 17.7 Å². The maximum Gasteiger partial charge on any atom is 0.325 e. The van der Waals surface area contributed by atoms with Crippen molar-refractivity contribution in [1.29, 1.82) is 0 Å². The van der Waals surface area contributed by atoms with E-state index < -0.39 is 54.8 Å². The number of carbonyl (C=O) groups is 8. The first-order valence-corrected chi connectivity index (χ1v) is 16.7. The van der Waals surface area contributed by atoms with E-state index in [1.165, 1.54) is 12.2 Å². The van der Waals surface area contributed by atoms with Crippen LogP contribution < -0.4 is 27.0 Å². The molecule has 18 nitrogen and oxygen atoms in total. The van der Waals surface area contributed by atoms with E-state index in [0.29, 0.717) is 58.6 Å². The SMILES string of the molecule is NC(=O)N1CCN(CCOCNC(=O)CNC(=O)[C@H](Cc2ccccc2)NC(=O)COC(=O)CNC(=O)CCCCCN2C(=O)C=CC2=O)CC1. The highest BCUT2D eigenvalue weighted by Crippen LogP contribution is 2.08. The highest BCUT2D eigenvalue weighted by molar-refractivity contribution is 6.12. The van der Waals surface area contributed by atoms with Crippen LogP contribution in [0.1, 0.15) is 31.2 Å². The van der Waals surface area contributed by atoms with Crippen molar-refractivity contribution < 1.29 is 47.8 Å². The van der Waals surface area contributed by atoms with Gasteiger partial charge in [-0.2, -0.15) is 0 Å². The van der Waals surface area contributed by atoms with Crippen molar-refractivity contribution in [2.45, 2.75) is 38.1 Å². The summed E-state index contributed by atoms with van der Waals surface area (Å²) < 4.78 is 10.4. The molecule has 6 N–H and O–H groups in total.